The molecular weight excluding hydrogens is 546 g/mol. The lowest BCUT2D eigenvalue weighted by Crippen LogP contribution is -2.48. The first-order valence-electron chi connectivity index (χ1n) is 13.3. The van der Waals surface area contributed by atoms with Gasteiger partial charge >= 0.3 is 0 Å². The Bertz CT molecular complexity index is 1390. The molecule has 1 N–H and O–H groups in total. The van der Waals surface area contributed by atoms with Crippen LogP contribution in [0.2, 0.25) is 0 Å². The molecule has 0 radical (unpaired) electrons. The van der Waals surface area contributed by atoms with Gasteiger partial charge in [-0.05, 0) is 54.4 Å². The van der Waals surface area contributed by atoms with Crippen LogP contribution < -0.4 is 14.8 Å². The molecule has 1 fully saturated rings. The molecule has 3 aromatic carbocycles. The molecule has 218 valence electrons. The first-order valence-corrected chi connectivity index (χ1v) is 14.8. The van der Waals surface area contributed by atoms with Crippen molar-refractivity contribution in [2.45, 2.75) is 31.0 Å². The second-order valence-electron chi connectivity index (χ2n) is 9.53. The number of amides is 2. The highest BCUT2D eigenvalue weighted by Gasteiger charge is 2.28. The van der Waals surface area contributed by atoms with Gasteiger partial charge in [0.2, 0.25) is 15.9 Å². The van der Waals surface area contributed by atoms with Gasteiger partial charge in [0.05, 0.1) is 25.2 Å². The molecule has 1 aliphatic rings. The van der Waals surface area contributed by atoms with Crippen molar-refractivity contribution in [2.24, 2.45) is 0 Å². The van der Waals surface area contributed by atoms with Crippen LogP contribution in [0.1, 0.15) is 18.1 Å². The highest BCUT2D eigenvalue weighted by atomic mass is 32.2. The van der Waals surface area contributed by atoms with E-state index in [0.717, 1.165) is 11.1 Å². The van der Waals surface area contributed by atoms with Crippen molar-refractivity contribution < 1.29 is 32.2 Å². The SMILES string of the molecule is COc1ccc(CN(C(=O)COc2ccc(S(=O)(=O)N3CCOCC3)cc2)[C@@H](C)C(=O)NCc2ccccc2)cc1. The third kappa shape index (κ3) is 8.06. The topological polar surface area (TPSA) is 114 Å². The molecule has 11 heteroatoms. The van der Waals surface area contributed by atoms with E-state index < -0.39 is 22.0 Å². The Morgan fingerprint density at radius 1 is 0.927 bits per heavy atom. The fourth-order valence-electron chi connectivity index (χ4n) is 4.31. The summed E-state index contributed by atoms with van der Waals surface area (Å²) in [4.78, 5) is 28.0. The number of methoxy groups -OCH3 is 1. The van der Waals surface area contributed by atoms with Gasteiger partial charge in [0, 0.05) is 26.2 Å². The van der Waals surface area contributed by atoms with Gasteiger partial charge in [-0.3, -0.25) is 9.59 Å². The van der Waals surface area contributed by atoms with Crippen LogP contribution in [0.15, 0.2) is 83.8 Å². The minimum absolute atomic E-state index is 0.142. The summed E-state index contributed by atoms with van der Waals surface area (Å²) < 4.78 is 43.3. The molecule has 0 spiro atoms. The number of carbonyl (C=O) groups excluding carboxylic acids is 2. The van der Waals surface area contributed by atoms with Crippen molar-refractivity contribution in [1.29, 1.82) is 0 Å². The molecule has 3 aromatic rings. The highest BCUT2D eigenvalue weighted by molar-refractivity contribution is 7.89. The van der Waals surface area contributed by atoms with E-state index >= 15 is 0 Å². The number of hydrogen-bond donors (Lipinski definition) is 1. The maximum absolute atomic E-state index is 13.4. The summed E-state index contributed by atoms with van der Waals surface area (Å²) in [7, 11) is -2.07. The third-order valence-corrected chi connectivity index (χ3v) is 8.70. The molecular formula is C30H35N3O7S. The van der Waals surface area contributed by atoms with Crippen LogP contribution in [0.25, 0.3) is 0 Å². The Kier molecular flexibility index (Phi) is 10.3. The summed E-state index contributed by atoms with van der Waals surface area (Å²) in [5.74, 6) is 0.328. The zero-order valence-corrected chi connectivity index (χ0v) is 24.0. The van der Waals surface area contributed by atoms with Crippen LogP contribution in [0.4, 0.5) is 0 Å². The molecule has 1 saturated heterocycles. The van der Waals surface area contributed by atoms with Crippen LogP contribution in [0.3, 0.4) is 0 Å². The number of morpholine rings is 1. The van der Waals surface area contributed by atoms with E-state index in [1.807, 2.05) is 42.5 Å². The van der Waals surface area contributed by atoms with Crippen LogP contribution in [-0.2, 0) is 37.4 Å². The predicted octanol–water partition coefficient (Wildman–Crippen LogP) is 2.83. The van der Waals surface area contributed by atoms with E-state index in [1.54, 1.807) is 26.2 Å². The maximum atomic E-state index is 13.4. The van der Waals surface area contributed by atoms with E-state index in [0.29, 0.717) is 44.3 Å². The number of carbonyl (C=O) groups is 2. The van der Waals surface area contributed by atoms with Gasteiger partial charge in [-0.1, -0.05) is 42.5 Å². The third-order valence-electron chi connectivity index (χ3n) is 6.78. The normalized spacial score (nSPS) is 14.6. The Morgan fingerprint density at radius 2 is 1.56 bits per heavy atom. The molecule has 0 saturated carbocycles. The van der Waals surface area contributed by atoms with Gasteiger partial charge in [0.15, 0.2) is 6.61 Å². The molecule has 1 aliphatic heterocycles. The summed E-state index contributed by atoms with van der Waals surface area (Å²) in [6, 6.07) is 21.9. The molecule has 1 atom stereocenters. The van der Waals surface area contributed by atoms with Gasteiger partial charge in [-0.25, -0.2) is 8.42 Å². The molecule has 41 heavy (non-hydrogen) atoms. The lowest BCUT2D eigenvalue weighted by atomic mass is 10.1. The number of benzene rings is 3. The summed E-state index contributed by atoms with van der Waals surface area (Å²) in [6.45, 7) is 3.19. The number of sulfonamides is 1. The quantitative estimate of drug-likeness (QED) is 0.350. The number of hydrogen-bond acceptors (Lipinski definition) is 7. The van der Waals surface area contributed by atoms with Crippen LogP contribution in [-0.4, -0.2) is 75.5 Å². The number of ether oxygens (including phenoxy) is 3. The van der Waals surface area contributed by atoms with E-state index in [4.69, 9.17) is 14.2 Å². The average molecular weight is 582 g/mol. The average Bonchev–Trinajstić information content (AvgIpc) is 3.02. The van der Waals surface area contributed by atoms with Crippen molar-refractivity contribution in [3.8, 4) is 11.5 Å². The van der Waals surface area contributed by atoms with Gasteiger partial charge in [0.25, 0.3) is 5.91 Å². The summed E-state index contributed by atoms with van der Waals surface area (Å²) in [5.41, 5.74) is 1.77. The van der Waals surface area contributed by atoms with Crippen molar-refractivity contribution >= 4 is 21.8 Å². The summed E-state index contributed by atoms with van der Waals surface area (Å²) >= 11 is 0. The summed E-state index contributed by atoms with van der Waals surface area (Å²) in [5, 5.41) is 2.90. The fourth-order valence-corrected chi connectivity index (χ4v) is 5.72. The molecule has 0 aromatic heterocycles. The van der Waals surface area contributed by atoms with Crippen molar-refractivity contribution in [3.05, 3.63) is 90.0 Å². The molecule has 0 unspecified atom stereocenters. The number of nitrogens with one attached hydrogen (secondary N) is 1. The fraction of sp³-hybridized carbons (Fsp3) is 0.333. The maximum Gasteiger partial charge on any atom is 0.261 e. The first kappa shape index (κ1) is 30.0. The van der Waals surface area contributed by atoms with E-state index in [2.05, 4.69) is 5.32 Å². The second-order valence-corrected chi connectivity index (χ2v) is 11.5. The van der Waals surface area contributed by atoms with Gasteiger partial charge in [0.1, 0.15) is 17.5 Å². The van der Waals surface area contributed by atoms with E-state index in [9.17, 15) is 18.0 Å². The molecule has 1 heterocycles. The second kappa shape index (κ2) is 14.1. The van der Waals surface area contributed by atoms with Crippen molar-refractivity contribution in [1.82, 2.24) is 14.5 Å². The monoisotopic (exact) mass is 581 g/mol. The van der Waals surface area contributed by atoms with Crippen LogP contribution in [0, 0.1) is 0 Å². The number of rotatable bonds is 12. The Hall–Kier alpha value is -3.93. The van der Waals surface area contributed by atoms with Gasteiger partial charge < -0.3 is 24.4 Å². The standard InChI is InChI=1S/C30H35N3O7S/c1-23(30(35)31-20-24-6-4-3-5-7-24)33(21-25-8-10-26(38-2)11-9-25)29(34)22-40-27-12-14-28(15-13-27)41(36,37)32-16-18-39-19-17-32/h3-15,23H,16-22H2,1-2H3,(H,31,35)/t23-/m0/s1. The van der Waals surface area contributed by atoms with Crippen molar-refractivity contribution in [3.63, 3.8) is 0 Å². The minimum Gasteiger partial charge on any atom is -0.497 e. The first-order chi connectivity index (χ1) is 19.8. The Labute approximate surface area is 240 Å². The van der Waals surface area contributed by atoms with E-state index in [1.165, 1.54) is 33.5 Å². The Morgan fingerprint density at radius 3 is 2.20 bits per heavy atom. The van der Waals surface area contributed by atoms with Gasteiger partial charge in [-0.2, -0.15) is 4.31 Å². The largest absolute Gasteiger partial charge is 0.497 e. The molecule has 2 amide bonds. The van der Waals surface area contributed by atoms with Gasteiger partial charge in [-0.15, -0.1) is 0 Å². The molecule has 4 rings (SSSR count). The molecule has 10 nitrogen and oxygen atoms in total. The minimum atomic E-state index is -3.64. The van der Waals surface area contributed by atoms with E-state index in [-0.39, 0.29) is 24.0 Å². The smallest absolute Gasteiger partial charge is 0.261 e. The van der Waals surface area contributed by atoms with Crippen LogP contribution >= 0.6 is 0 Å². The summed E-state index contributed by atoms with van der Waals surface area (Å²) in [6.07, 6.45) is 0. The lowest BCUT2D eigenvalue weighted by Gasteiger charge is -2.29. The zero-order chi connectivity index (χ0) is 29.2. The highest BCUT2D eigenvalue weighted by Crippen LogP contribution is 2.21. The number of nitrogens with zero attached hydrogens (tertiary/aromatic N) is 2. The zero-order valence-electron chi connectivity index (χ0n) is 23.2. The Balaban J connectivity index is 1.42. The lowest BCUT2D eigenvalue weighted by molar-refractivity contribution is -0.142. The molecule has 0 bridgehead atoms. The van der Waals surface area contributed by atoms with Crippen LogP contribution in [0.5, 0.6) is 11.5 Å². The predicted molar refractivity (Wildman–Crippen MR) is 153 cm³/mol. The molecule has 0 aliphatic carbocycles. The van der Waals surface area contributed by atoms with Crippen molar-refractivity contribution in [2.75, 3.05) is 40.0 Å².